The summed E-state index contributed by atoms with van der Waals surface area (Å²) in [5.41, 5.74) is 1.68. The van der Waals surface area contributed by atoms with Crippen LogP contribution < -0.4 is 10.9 Å². The summed E-state index contributed by atoms with van der Waals surface area (Å²) in [4.78, 5) is 14.3. The van der Waals surface area contributed by atoms with Gasteiger partial charge in [-0.25, -0.2) is 4.68 Å². The van der Waals surface area contributed by atoms with E-state index in [9.17, 15) is 4.79 Å². The second-order valence-electron chi connectivity index (χ2n) is 6.01. The first kappa shape index (κ1) is 16.0. The van der Waals surface area contributed by atoms with E-state index >= 15 is 0 Å². The number of aromatic nitrogens is 2. The predicted molar refractivity (Wildman–Crippen MR) is 92.9 cm³/mol. The molecule has 1 aromatic carbocycles. The van der Waals surface area contributed by atoms with Crippen molar-refractivity contribution in [3.8, 4) is 0 Å². The number of nitrogens with zero attached hydrogens (tertiary/aromatic N) is 3. The van der Waals surface area contributed by atoms with Gasteiger partial charge in [0.05, 0.1) is 11.9 Å². The first-order chi connectivity index (χ1) is 11.1. The van der Waals surface area contributed by atoms with Crippen LogP contribution >= 0.6 is 11.6 Å². The molecular weight excluding hydrogens is 312 g/mol. The highest BCUT2D eigenvalue weighted by atomic mass is 35.5. The Labute approximate surface area is 140 Å². The molecule has 122 valence electrons. The molecular formula is C17H21ClN4O. The van der Waals surface area contributed by atoms with Crippen LogP contribution in [0.1, 0.15) is 18.4 Å². The smallest absolute Gasteiger partial charge is 0.287 e. The number of likely N-dealkylation sites (tertiary alicyclic amines) is 1. The van der Waals surface area contributed by atoms with E-state index in [-0.39, 0.29) is 16.6 Å². The van der Waals surface area contributed by atoms with Crippen molar-refractivity contribution in [1.82, 2.24) is 14.7 Å². The lowest BCUT2D eigenvalue weighted by atomic mass is 10.0. The molecule has 0 unspecified atom stereocenters. The third-order valence-corrected chi connectivity index (χ3v) is 4.56. The van der Waals surface area contributed by atoms with Crippen molar-refractivity contribution in [2.24, 2.45) is 7.05 Å². The molecule has 0 bridgehead atoms. The molecule has 1 fully saturated rings. The minimum absolute atomic E-state index is 0.211. The summed E-state index contributed by atoms with van der Waals surface area (Å²) in [6, 6.07) is 10.8. The fraction of sp³-hybridized carbons (Fsp3) is 0.412. The second-order valence-corrected chi connectivity index (χ2v) is 6.38. The third kappa shape index (κ3) is 3.92. The monoisotopic (exact) mass is 332 g/mol. The SMILES string of the molecule is Cn1ncc(N[C@H]2CCCN(Cc3ccccc3)C2)c(Cl)c1=O. The van der Waals surface area contributed by atoms with Crippen molar-refractivity contribution >= 4 is 17.3 Å². The van der Waals surface area contributed by atoms with Gasteiger partial charge >= 0.3 is 0 Å². The highest BCUT2D eigenvalue weighted by Crippen LogP contribution is 2.21. The molecule has 2 heterocycles. The van der Waals surface area contributed by atoms with Gasteiger partial charge in [0.15, 0.2) is 0 Å². The lowest BCUT2D eigenvalue weighted by molar-refractivity contribution is 0.208. The van der Waals surface area contributed by atoms with Crippen molar-refractivity contribution in [2.75, 3.05) is 18.4 Å². The molecule has 0 amide bonds. The Balaban J connectivity index is 1.65. The molecule has 1 aliphatic rings. The maximum Gasteiger partial charge on any atom is 0.287 e. The van der Waals surface area contributed by atoms with Gasteiger partial charge in [0.2, 0.25) is 0 Å². The second kappa shape index (κ2) is 7.15. The summed E-state index contributed by atoms with van der Waals surface area (Å²) >= 11 is 6.13. The van der Waals surface area contributed by atoms with Gasteiger partial charge in [-0.05, 0) is 24.9 Å². The van der Waals surface area contributed by atoms with Gasteiger partial charge < -0.3 is 5.32 Å². The average Bonchev–Trinajstić information content (AvgIpc) is 2.57. The summed E-state index contributed by atoms with van der Waals surface area (Å²) in [7, 11) is 1.60. The van der Waals surface area contributed by atoms with E-state index in [0.717, 1.165) is 32.5 Å². The van der Waals surface area contributed by atoms with Crippen LogP contribution in [0.5, 0.6) is 0 Å². The largest absolute Gasteiger partial charge is 0.378 e. The number of anilines is 1. The first-order valence-electron chi connectivity index (χ1n) is 7.88. The summed E-state index contributed by atoms with van der Waals surface area (Å²) in [6.45, 7) is 2.97. The van der Waals surface area contributed by atoms with Crippen molar-refractivity contribution < 1.29 is 0 Å². The number of halogens is 1. The van der Waals surface area contributed by atoms with Gasteiger partial charge in [0.25, 0.3) is 5.56 Å². The predicted octanol–water partition coefficient (Wildman–Crippen LogP) is 2.51. The number of aryl methyl sites for hydroxylation is 1. The standard InChI is InChI=1S/C17H21ClN4O/c1-21-17(23)16(18)15(10-19-21)20-14-8-5-9-22(12-14)11-13-6-3-2-4-7-13/h2-4,6-7,10,14,20H,5,8-9,11-12H2,1H3/t14-/m0/s1. The molecule has 3 rings (SSSR count). The van der Waals surface area contributed by atoms with Crippen molar-refractivity contribution in [1.29, 1.82) is 0 Å². The number of benzene rings is 1. The molecule has 0 radical (unpaired) electrons. The van der Waals surface area contributed by atoms with Crippen LogP contribution in [0.15, 0.2) is 41.3 Å². The third-order valence-electron chi connectivity index (χ3n) is 4.19. The van der Waals surface area contributed by atoms with Gasteiger partial charge in [-0.3, -0.25) is 9.69 Å². The molecule has 1 aromatic heterocycles. The Morgan fingerprint density at radius 1 is 1.35 bits per heavy atom. The summed E-state index contributed by atoms with van der Waals surface area (Å²) in [5, 5.41) is 7.63. The van der Waals surface area contributed by atoms with Crippen molar-refractivity contribution in [3.63, 3.8) is 0 Å². The van der Waals surface area contributed by atoms with Gasteiger partial charge in [-0.15, -0.1) is 0 Å². The highest BCUT2D eigenvalue weighted by Gasteiger charge is 2.21. The molecule has 1 aliphatic heterocycles. The normalized spacial score (nSPS) is 18.8. The summed E-state index contributed by atoms with van der Waals surface area (Å²) in [6.07, 6.45) is 3.82. The van der Waals surface area contributed by atoms with E-state index in [1.54, 1.807) is 13.2 Å². The molecule has 1 N–H and O–H groups in total. The molecule has 6 heteroatoms. The van der Waals surface area contributed by atoms with Gasteiger partial charge in [0, 0.05) is 26.2 Å². The maximum absolute atomic E-state index is 11.9. The summed E-state index contributed by atoms with van der Waals surface area (Å²) in [5.74, 6) is 0. The topological polar surface area (TPSA) is 50.2 Å². The van der Waals surface area contributed by atoms with Crippen LogP contribution in [0.2, 0.25) is 5.02 Å². The molecule has 0 spiro atoms. The molecule has 0 aliphatic carbocycles. The summed E-state index contributed by atoms with van der Waals surface area (Å²) < 4.78 is 1.25. The Morgan fingerprint density at radius 3 is 2.91 bits per heavy atom. The Morgan fingerprint density at radius 2 is 2.13 bits per heavy atom. The van der Waals surface area contributed by atoms with Gasteiger partial charge in [0.1, 0.15) is 5.02 Å². The minimum atomic E-state index is -0.270. The average molecular weight is 333 g/mol. The Bertz CT molecular complexity index is 716. The first-order valence-corrected chi connectivity index (χ1v) is 8.26. The van der Waals surface area contributed by atoms with Crippen LogP contribution in [-0.4, -0.2) is 33.8 Å². The lowest BCUT2D eigenvalue weighted by Gasteiger charge is -2.33. The van der Waals surface area contributed by atoms with Crippen LogP contribution in [0.25, 0.3) is 0 Å². The maximum atomic E-state index is 11.9. The Kier molecular flexibility index (Phi) is 4.98. The van der Waals surface area contributed by atoms with E-state index in [1.807, 2.05) is 6.07 Å². The molecule has 23 heavy (non-hydrogen) atoms. The van der Waals surface area contributed by atoms with E-state index in [2.05, 4.69) is 39.6 Å². The lowest BCUT2D eigenvalue weighted by Crippen LogP contribution is -2.42. The van der Waals surface area contributed by atoms with E-state index in [4.69, 9.17) is 11.6 Å². The highest BCUT2D eigenvalue weighted by molar-refractivity contribution is 6.32. The zero-order valence-electron chi connectivity index (χ0n) is 13.2. The van der Waals surface area contributed by atoms with Crippen LogP contribution in [0, 0.1) is 0 Å². The fourth-order valence-electron chi connectivity index (χ4n) is 2.99. The Hall–Kier alpha value is -1.85. The zero-order chi connectivity index (χ0) is 16.2. The number of hydrogen-bond acceptors (Lipinski definition) is 4. The quantitative estimate of drug-likeness (QED) is 0.934. The molecule has 1 saturated heterocycles. The molecule has 1 atom stereocenters. The number of hydrogen-bond donors (Lipinski definition) is 1. The van der Waals surface area contributed by atoms with Crippen molar-refractivity contribution in [3.05, 3.63) is 57.5 Å². The molecule has 5 nitrogen and oxygen atoms in total. The van der Waals surface area contributed by atoms with Crippen LogP contribution in [-0.2, 0) is 13.6 Å². The van der Waals surface area contributed by atoms with Crippen LogP contribution in [0.3, 0.4) is 0 Å². The fourth-order valence-corrected chi connectivity index (χ4v) is 3.22. The van der Waals surface area contributed by atoms with Gasteiger partial charge in [-0.2, -0.15) is 5.10 Å². The number of rotatable bonds is 4. The molecule has 0 saturated carbocycles. The van der Waals surface area contributed by atoms with E-state index in [0.29, 0.717) is 5.69 Å². The minimum Gasteiger partial charge on any atom is -0.378 e. The number of nitrogens with one attached hydrogen (secondary N) is 1. The number of piperidine rings is 1. The van der Waals surface area contributed by atoms with Crippen LogP contribution in [0.4, 0.5) is 5.69 Å². The zero-order valence-corrected chi connectivity index (χ0v) is 14.0. The van der Waals surface area contributed by atoms with E-state index in [1.165, 1.54) is 10.2 Å². The molecule has 2 aromatic rings. The van der Waals surface area contributed by atoms with E-state index < -0.39 is 0 Å². The van der Waals surface area contributed by atoms with Gasteiger partial charge in [-0.1, -0.05) is 41.9 Å². The van der Waals surface area contributed by atoms with Crippen molar-refractivity contribution in [2.45, 2.75) is 25.4 Å².